The van der Waals surface area contributed by atoms with Crippen molar-refractivity contribution in [1.82, 2.24) is 10.3 Å². The Morgan fingerprint density at radius 3 is 2.88 bits per heavy atom. The van der Waals surface area contributed by atoms with Crippen LogP contribution in [0.15, 0.2) is 10.6 Å². The van der Waals surface area contributed by atoms with Crippen LogP contribution in [-0.2, 0) is 0 Å². The molecule has 0 saturated heterocycles. The van der Waals surface area contributed by atoms with Crippen molar-refractivity contribution in [2.45, 2.75) is 65.0 Å². The molecule has 0 spiro atoms. The first kappa shape index (κ1) is 12.6. The van der Waals surface area contributed by atoms with Crippen molar-refractivity contribution in [2.24, 2.45) is 5.92 Å². The van der Waals surface area contributed by atoms with Crippen molar-refractivity contribution < 1.29 is 4.42 Å². The normalized spacial score (nSPS) is 27.0. The van der Waals surface area contributed by atoms with E-state index in [9.17, 15) is 0 Å². The van der Waals surface area contributed by atoms with Crippen LogP contribution in [0.5, 0.6) is 0 Å². The topological polar surface area (TPSA) is 38.1 Å². The van der Waals surface area contributed by atoms with E-state index < -0.39 is 0 Å². The number of hydrogen-bond acceptors (Lipinski definition) is 3. The molecule has 96 valence electrons. The van der Waals surface area contributed by atoms with Gasteiger partial charge in [0.25, 0.3) is 0 Å². The zero-order chi connectivity index (χ0) is 12.3. The molecular weight excluding hydrogens is 212 g/mol. The van der Waals surface area contributed by atoms with Crippen LogP contribution in [0.3, 0.4) is 0 Å². The Morgan fingerprint density at radius 1 is 1.47 bits per heavy atom. The van der Waals surface area contributed by atoms with E-state index in [0.717, 1.165) is 17.6 Å². The van der Waals surface area contributed by atoms with E-state index in [2.05, 4.69) is 24.1 Å². The average molecular weight is 236 g/mol. The van der Waals surface area contributed by atoms with Gasteiger partial charge in [-0.05, 0) is 32.6 Å². The monoisotopic (exact) mass is 236 g/mol. The van der Waals surface area contributed by atoms with Crippen molar-refractivity contribution in [2.75, 3.05) is 0 Å². The lowest BCUT2D eigenvalue weighted by molar-refractivity contribution is 0.229. The molecule has 17 heavy (non-hydrogen) atoms. The maximum absolute atomic E-state index is 5.58. The van der Waals surface area contributed by atoms with Crippen LogP contribution >= 0.6 is 0 Å². The summed E-state index contributed by atoms with van der Waals surface area (Å²) in [5.74, 6) is 2.54. The molecule has 0 aromatic carbocycles. The third-order valence-corrected chi connectivity index (χ3v) is 3.91. The first-order valence-corrected chi connectivity index (χ1v) is 6.89. The van der Waals surface area contributed by atoms with Crippen LogP contribution < -0.4 is 5.32 Å². The molecule has 0 radical (unpaired) electrons. The molecule has 3 unspecified atom stereocenters. The highest BCUT2D eigenvalue weighted by atomic mass is 16.4. The molecule has 3 nitrogen and oxygen atoms in total. The molecule has 1 aliphatic carbocycles. The molecular formula is C14H24N2O. The lowest BCUT2D eigenvalue weighted by atomic mass is 9.82. The van der Waals surface area contributed by atoms with Crippen molar-refractivity contribution in [3.63, 3.8) is 0 Å². The fourth-order valence-electron chi connectivity index (χ4n) is 2.88. The molecule has 1 aromatic heterocycles. The number of aromatic nitrogens is 1. The molecule has 0 amide bonds. The fourth-order valence-corrected chi connectivity index (χ4v) is 2.88. The quantitative estimate of drug-likeness (QED) is 0.868. The Hall–Kier alpha value is -0.830. The predicted octanol–water partition coefficient (Wildman–Crippen LogP) is 3.60. The largest absolute Gasteiger partial charge is 0.444 e. The lowest BCUT2D eigenvalue weighted by Crippen LogP contribution is -2.39. The van der Waals surface area contributed by atoms with Crippen LogP contribution in [0.4, 0.5) is 0 Å². The van der Waals surface area contributed by atoms with Crippen LogP contribution in [0, 0.1) is 12.8 Å². The van der Waals surface area contributed by atoms with Gasteiger partial charge in [0.2, 0.25) is 5.89 Å². The second kappa shape index (κ2) is 5.67. The molecule has 3 atom stereocenters. The van der Waals surface area contributed by atoms with Gasteiger partial charge in [0.05, 0.1) is 12.2 Å². The number of oxazole rings is 1. The summed E-state index contributed by atoms with van der Waals surface area (Å²) >= 11 is 0. The molecule has 1 saturated carbocycles. The van der Waals surface area contributed by atoms with E-state index in [1.807, 2.05) is 6.92 Å². The number of nitrogens with zero attached hydrogens (tertiary/aromatic N) is 1. The maximum atomic E-state index is 5.58. The molecule has 0 aliphatic heterocycles. The number of hydrogen-bond donors (Lipinski definition) is 1. The lowest BCUT2D eigenvalue weighted by Gasteiger charge is -2.33. The Morgan fingerprint density at radius 2 is 2.24 bits per heavy atom. The smallest absolute Gasteiger partial charge is 0.211 e. The van der Waals surface area contributed by atoms with Gasteiger partial charge in [-0.2, -0.15) is 0 Å². The molecule has 1 fully saturated rings. The molecule has 1 aliphatic rings. The minimum atomic E-state index is 0.223. The standard InChI is InChI=1S/C14H24N2O/c1-4-12-7-5-6-8-13(12)16-11(3)14-15-9-10(2)17-14/h9,11-13,16H,4-8H2,1-3H3. The molecule has 0 bridgehead atoms. The number of rotatable bonds is 4. The number of aryl methyl sites for hydroxylation is 1. The van der Waals surface area contributed by atoms with E-state index in [1.165, 1.54) is 32.1 Å². The first-order chi connectivity index (χ1) is 8.20. The minimum Gasteiger partial charge on any atom is -0.444 e. The minimum absolute atomic E-state index is 0.223. The second-order valence-corrected chi connectivity index (χ2v) is 5.26. The third kappa shape index (κ3) is 3.09. The summed E-state index contributed by atoms with van der Waals surface area (Å²) in [6.45, 7) is 6.38. The summed E-state index contributed by atoms with van der Waals surface area (Å²) < 4.78 is 5.58. The zero-order valence-electron chi connectivity index (χ0n) is 11.2. The average Bonchev–Trinajstić information content (AvgIpc) is 2.77. The van der Waals surface area contributed by atoms with Crippen LogP contribution in [-0.4, -0.2) is 11.0 Å². The van der Waals surface area contributed by atoms with E-state index in [0.29, 0.717) is 6.04 Å². The summed E-state index contributed by atoms with van der Waals surface area (Å²) in [7, 11) is 0. The summed E-state index contributed by atoms with van der Waals surface area (Å²) in [6.07, 6.45) is 8.48. The molecule has 1 heterocycles. The Balaban J connectivity index is 1.94. The van der Waals surface area contributed by atoms with Gasteiger partial charge in [-0.3, -0.25) is 0 Å². The highest BCUT2D eigenvalue weighted by molar-refractivity contribution is 4.96. The maximum Gasteiger partial charge on any atom is 0.211 e. The molecule has 3 heteroatoms. The van der Waals surface area contributed by atoms with Crippen molar-refractivity contribution in [1.29, 1.82) is 0 Å². The predicted molar refractivity (Wildman–Crippen MR) is 68.8 cm³/mol. The Kier molecular flexibility index (Phi) is 4.21. The van der Waals surface area contributed by atoms with E-state index in [-0.39, 0.29) is 6.04 Å². The summed E-state index contributed by atoms with van der Waals surface area (Å²) in [5.41, 5.74) is 0. The van der Waals surface area contributed by atoms with Gasteiger partial charge in [-0.15, -0.1) is 0 Å². The highest BCUT2D eigenvalue weighted by Crippen LogP contribution is 2.28. The van der Waals surface area contributed by atoms with Gasteiger partial charge in [-0.25, -0.2) is 4.98 Å². The third-order valence-electron chi connectivity index (χ3n) is 3.91. The van der Waals surface area contributed by atoms with Gasteiger partial charge in [0.15, 0.2) is 0 Å². The van der Waals surface area contributed by atoms with Crippen molar-refractivity contribution >= 4 is 0 Å². The van der Waals surface area contributed by atoms with Crippen molar-refractivity contribution in [3.05, 3.63) is 17.8 Å². The van der Waals surface area contributed by atoms with E-state index in [4.69, 9.17) is 4.42 Å². The molecule has 1 N–H and O–H groups in total. The van der Waals surface area contributed by atoms with Gasteiger partial charge in [0, 0.05) is 6.04 Å². The van der Waals surface area contributed by atoms with Crippen LogP contribution in [0.1, 0.15) is 63.6 Å². The van der Waals surface area contributed by atoms with Crippen molar-refractivity contribution in [3.8, 4) is 0 Å². The number of nitrogens with one attached hydrogen (secondary N) is 1. The Labute approximate surface area is 104 Å². The van der Waals surface area contributed by atoms with Crippen LogP contribution in [0.2, 0.25) is 0 Å². The second-order valence-electron chi connectivity index (χ2n) is 5.26. The van der Waals surface area contributed by atoms with E-state index >= 15 is 0 Å². The fraction of sp³-hybridized carbons (Fsp3) is 0.786. The Bertz CT molecular complexity index is 348. The summed E-state index contributed by atoms with van der Waals surface area (Å²) in [4.78, 5) is 4.30. The SMILES string of the molecule is CCC1CCCCC1NC(C)c1ncc(C)o1. The molecule has 1 aromatic rings. The van der Waals surface area contributed by atoms with Gasteiger partial charge >= 0.3 is 0 Å². The molecule has 2 rings (SSSR count). The van der Waals surface area contributed by atoms with Gasteiger partial charge in [0.1, 0.15) is 5.76 Å². The zero-order valence-corrected chi connectivity index (χ0v) is 11.2. The van der Waals surface area contributed by atoms with Gasteiger partial charge < -0.3 is 9.73 Å². The van der Waals surface area contributed by atoms with Gasteiger partial charge in [-0.1, -0.05) is 26.2 Å². The van der Waals surface area contributed by atoms with E-state index in [1.54, 1.807) is 6.20 Å². The van der Waals surface area contributed by atoms with Crippen LogP contribution in [0.25, 0.3) is 0 Å². The first-order valence-electron chi connectivity index (χ1n) is 6.89. The highest BCUT2D eigenvalue weighted by Gasteiger charge is 2.26. The summed E-state index contributed by atoms with van der Waals surface area (Å²) in [6, 6.07) is 0.858. The summed E-state index contributed by atoms with van der Waals surface area (Å²) in [5, 5.41) is 3.69.